The largest absolute Gasteiger partial charge is 0.369 e. The zero-order chi connectivity index (χ0) is 21.3. The number of carbonyl (C=O) groups excluding carboxylic acids is 1. The van der Waals surface area contributed by atoms with Gasteiger partial charge in [0, 0.05) is 63.9 Å². The van der Waals surface area contributed by atoms with Crippen molar-refractivity contribution in [1.82, 2.24) is 13.8 Å². The Hall–Kier alpha value is -2.36. The number of nitrogens with zero attached hydrogens (tertiary/aromatic N) is 4. The Labute approximate surface area is 178 Å². The molecule has 0 saturated carbocycles. The molecule has 1 aromatic carbocycles. The van der Waals surface area contributed by atoms with Gasteiger partial charge in [-0.2, -0.15) is 4.31 Å². The molecule has 0 bridgehead atoms. The molecule has 1 N–H and O–H groups in total. The van der Waals surface area contributed by atoms with E-state index in [1.807, 2.05) is 24.3 Å². The van der Waals surface area contributed by atoms with Crippen LogP contribution in [0.25, 0.3) is 0 Å². The van der Waals surface area contributed by atoms with E-state index >= 15 is 0 Å². The SMILES string of the molecule is CN1CCN(c2ccc(NC(=O)c3cc(S(=O)(=O)N4CCCC4)cn3C)cc2)CC1. The summed E-state index contributed by atoms with van der Waals surface area (Å²) in [7, 11) is 0.270. The molecule has 0 spiro atoms. The molecular weight excluding hydrogens is 402 g/mol. The minimum Gasteiger partial charge on any atom is -0.369 e. The minimum atomic E-state index is -3.55. The number of aryl methyl sites for hydroxylation is 1. The van der Waals surface area contributed by atoms with E-state index in [0.29, 0.717) is 24.5 Å². The Bertz CT molecular complexity index is 1000. The number of aromatic nitrogens is 1. The molecule has 2 fully saturated rings. The number of amides is 1. The second-order valence-electron chi connectivity index (χ2n) is 8.07. The molecule has 0 aliphatic carbocycles. The Morgan fingerprint density at radius 1 is 0.933 bits per heavy atom. The number of hydrogen-bond acceptors (Lipinski definition) is 5. The quantitative estimate of drug-likeness (QED) is 0.781. The Morgan fingerprint density at radius 2 is 1.57 bits per heavy atom. The van der Waals surface area contributed by atoms with Gasteiger partial charge in [-0.05, 0) is 50.2 Å². The molecule has 2 saturated heterocycles. The number of nitrogens with one attached hydrogen (secondary N) is 1. The molecule has 2 aromatic rings. The van der Waals surface area contributed by atoms with Crippen LogP contribution in [-0.4, -0.2) is 74.4 Å². The maximum atomic E-state index is 12.8. The van der Waals surface area contributed by atoms with Crippen LogP contribution in [0.5, 0.6) is 0 Å². The van der Waals surface area contributed by atoms with Crippen molar-refractivity contribution in [3.63, 3.8) is 0 Å². The Kier molecular flexibility index (Phi) is 5.86. The first kappa shape index (κ1) is 20.9. The van der Waals surface area contributed by atoms with Crippen LogP contribution in [0.3, 0.4) is 0 Å². The molecule has 1 aromatic heterocycles. The number of sulfonamides is 1. The number of likely N-dealkylation sites (N-methyl/N-ethyl adjacent to an activating group) is 1. The maximum absolute atomic E-state index is 12.8. The minimum absolute atomic E-state index is 0.169. The lowest BCUT2D eigenvalue weighted by Crippen LogP contribution is -2.44. The summed E-state index contributed by atoms with van der Waals surface area (Å²) in [5.41, 5.74) is 2.14. The van der Waals surface area contributed by atoms with E-state index < -0.39 is 10.0 Å². The van der Waals surface area contributed by atoms with Crippen molar-refractivity contribution in [3.8, 4) is 0 Å². The molecule has 8 nitrogen and oxygen atoms in total. The van der Waals surface area contributed by atoms with Crippen molar-refractivity contribution in [2.45, 2.75) is 17.7 Å². The van der Waals surface area contributed by atoms with Crippen LogP contribution >= 0.6 is 0 Å². The van der Waals surface area contributed by atoms with Crippen LogP contribution in [0, 0.1) is 0 Å². The van der Waals surface area contributed by atoms with Crippen molar-refractivity contribution in [2.75, 3.05) is 56.5 Å². The van der Waals surface area contributed by atoms with E-state index in [2.05, 4.69) is 22.2 Å². The standard InChI is InChI=1S/C21H29N5O3S/c1-23-11-13-25(14-12-23)18-7-5-17(6-8-18)22-21(27)20-15-19(16-24(20)2)30(28,29)26-9-3-4-10-26/h5-8,15-16H,3-4,9-14H2,1-2H3,(H,22,27). The summed E-state index contributed by atoms with van der Waals surface area (Å²) in [6.45, 7) is 5.12. The summed E-state index contributed by atoms with van der Waals surface area (Å²) >= 11 is 0. The smallest absolute Gasteiger partial charge is 0.272 e. The van der Waals surface area contributed by atoms with Gasteiger partial charge in [-0.25, -0.2) is 8.42 Å². The summed E-state index contributed by atoms with van der Waals surface area (Å²) in [5, 5.41) is 2.88. The molecule has 9 heteroatoms. The lowest BCUT2D eigenvalue weighted by Gasteiger charge is -2.34. The lowest BCUT2D eigenvalue weighted by molar-refractivity contribution is 0.101. The highest BCUT2D eigenvalue weighted by atomic mass is 32.2. The molecule has 1 amide bonds. The number of carbonyl (C=O) groups is 1. The highest BCUT2D eigenvalue weighted by Gasteiger charge is 2.29. The first-order chi connectivity index (χ1) is 14.3. The summed E-state index contributed by atoms with van der Waals surface area (Å²) < 4.78 is 28.6. The predicted molar refractivity (Wildman–Crippen MR) is 118 cm³/mol. The highest BCUT2D eigenvalue weighted by Crippen LogP contribution is 2.24. The van der Waals surface area contributed by atoms with Crippen LogP contribution in [0.2, 0.25) is 0 Å². The van der Waals surface area contributed by atoms with Crippen LogP contribution in [0.15, 0.2) is 41.4 Å². The number of piperazine rings is 1. The molecule has 30 heavy (non-hydrogen) atoms. The topological polar surface area (TPSA) is 77.9 Å². The fraction of sp³-hybridized carbons (Fsp3) is 0.476. The third-order valence-corrected chi connectivity index (χ3v) is 7.77. The van der Waals surface area contributed by atoms with Crippen LogP contribution in [-0.2, 0) is 17.1 Å². The first-order valence-electron chi connectivity index (χ1n) is 10.4. The fourth-order valence-corrected chi connectivity index (χ4v) is 5.58. The average Bonchev–Trinajstić information content (AvgIpc) is 3.40. The third-order valence-electron chi connectivity index (χ3n) is 5.91. The van der Waals surface area contributed by atoms with Gasteiger partial charge in [-0.15, -0.1) is 0 Å². The molecular formula is C21H29N5O3S. The number of rotatable bonds is 5. The van der Waals surface area contributed by atoms with Crippen molar-refractivity contribution in [1.29, 1.82) is 0 Å². The van der Waals surface area contributed by atoms with Gasteiger partial charge in [0.15, 0.2) is 0 Å². The summed E-state index contributed by atoms with van der Waals surface area (Å²) in [5.74, 6) is -0.326. The van der Waals surface area contributed by atoms with Crippen molar-refractivity contribution in [2.24, 2.45) is 7.05 Å². The highest BCUT2D eigenvalue weighted by molar-refractivity contribution is 7.89. The van der Waals surface area contributed by atoms with Gasteiger partial charge in [-0.1, -0.05) is 0 Å². The van der Waals surface area contributed by atoms with E-state index in [1.54, 1.807) is 11.6 Å². The van der Waals surface area contributed by atoms with Gasteiger partial charge < -0.3 is 19.7 Å². The maximum Gasteiger partial charge on any atom is 0.272 e. The molecule has 3 heterocycles. The monoisotopic (exact) mass is 431 g/mol. The van der Waals surface area contributed by atoms with Crippen LogP contribution in [0.4, 0.5) is 11.4 Å². The van der Waals surface area contributed by atoms with Crippen LogP contribution in [0.1, 0.15) is 23.3 Å². The number of benzene rings is 1. The zero-order valence-electron chi connectivity index (χ0n) is 17.5. The summed E-state index contributed by atoms with van der Waals surface area (Å²) in [6.07, 6.45) is 3.27. The first-order valence-corrected chi connectivity index (χ1v) is 11.8. The van der Waals surface area contributed by atoms with Crippen LogP contribution < -0.4 is 10.2 Å². The van der Waals surface area contributed by atoms with Gasteiger partial charge in [0.1, 0.15) is 10.6 Å². The second-order valence-corrected chi connectivity index (χ2v) is 10.0. The molecule has 4 rings (SSSR count). The molecule has 162 valence electrons. The van der Waals surface area contributed by atoms with E-state index in [9.17, 15) is 13.2 Å². The van der Waals surface area contributed by atoms with Crippen molar-refractivity contribution >= 4 is 27.3 Å². The molecule has 2 aliphatic rings. The summed E-state index contributed by atoms with van der Waals surface area (Å²) in [6, 6.07) is 9.25. The summed E-state index contributed by atoms with van der Waals surface area (Å²) in [4.78, 5) is 17.6. The Morgan fingerprint density at radius 3 is 2.20 bits per heavy atom. The zero-order valence-corrected chi connectivity index (χ0v) is 18.4. The van der Waals surface area contributed by atoms with E-state index in [1.165, 1.54) is 16.6 Å². The van der Waals surface area contributed by atoms with E-state index in [0.717, 1.165) is 44.7 Å². The van der Waals surface area contributed by atoms with Gasteiger partial charge >= 0.3 is 0 Å². The average molecular weight is 432 g/mol. The van der Waals surface area contributed by atoms with Gasteiger partial charge in [0.2, 0.25) is 10.0 Å². The van der Waals surface area contributed by atoms with Crippen molar-refractivity contribution < 1.29 is 13.2 Å². The van der Waals surface area contributed by atoms with E-state index in [4.69, 9.17) is 0 Å². The van der Waals surface area contributed by atoms with Gasteiger partial charge in [0.05, 0.1) is 0 Å². The lowest BCUT2D eigenvalue weighted by atomic mass is 10.2. The molecule has 2 aliphatic heterocycles. The van der Waals surface area contributed by atoms with E-state index in [-0.39, 0.29) is 10.8 Å². The van der Waals surface area contributed by atoms with Gasteiger partial charge in [0.25, 0.3) is 5.91 Å². The molecule has 0 atom stereocenters. The fourth-order valence-electron chi connectivity index (χ4n) is 3.99. The molecule has 0 radical (unpaired) electrons. The normalized spacial score (nSPS) is 18.7. The Balaban J connectivity index is 1.44. The second kappa shape index (κ2) is 8.41. The number of hydrogen-bond donors (Lipinski definition) is 1. The van der Waals surface area contributed by atoms with Gasteiger partial charge in [-0.3, -0.25) is 4.79 Å². The number of anilines is 2. The molecule has 0 unspecified atom stereocenters. The third kappa shape index (κ3) is 4.23. The van der Waals surface area contributed by atoms with Crippen molar-refractivity contribution in [3.05, 3.63) is 42.2 Å². The predicted octanol–water partition coefficient (Wildman–Crippen LogP) is 1.81.